The molecule has 0 aliphatic heterocycles. The zero-order valence-electron chi connectivity index (χ0n) is 13.0. The van der Waals surface area contributed by atoms with E-state index in [4.69, 9.17) is 9.84 Å². The van der Waals surface area contributed by atoms with Gasteiger partial charge >= 0.3 is 5.97 Å². The fourth-order valence-corrected chi connectivity index (χ4v) is 2.29. The van der Waals surface area contributed by atoms with Crippen LogP contribution in [0.2, 0.25) is 0 Å². The highest BCUT2D eigenvalue weighted by molar-refractivity contribution is 5.68. The number of carbonyl (C=O) groups is 1. The van der Waals surface area contributed by atoms with Crippen LogP contribution in [-0.4, -0.2) is 36.1 Å². The van der Waals surface area contributed by atoms with Crippen molar-refractivity contribution in [1.29, 1.82) is 0 Å². The van der Waals surface area contributed by atoms with E-state index in [0.29, 0.717) is 18.7 Å². The Morgan fingerprint density at radius 3 is 2.43 bits per heavy atom. The molecule has 2 aromatic rings. The predicted molar refractivity (Wildman–Crippen MR) is 86.0 cm³/mol. The SMILES string of the molecule is CN(CC[C@@H](Oc1ccc(F)cc1)c1ccccc1)CC(=O)O. The molecule has 4 nitrogen and oxygen atoms in total. The molecule has 1 N–H and O–H groups in total. The molecule has 2 aromatic carbocycles. The number of hydrogen-bond acceptors (Lipinski definition) is 3. The molecule has 1 atom stereocenters. The maximum atomic E-state index is 13.0. The number of hydrogen-bond donors (Lipinski definition) is 1. The number of nitrogens with zero attached hydrogens (tertiary/aromatic N) is 1. The van der Waals surface area contributed by atoms with Gasteiger partial charge in [0.25, 0.3) is 0 Å². The number of benzene rings is 2. The topological polar surface area (TPSA) is 49.8 Å². The summed E-state index contributed by atoms with van der Waals surface area (Å²) in [5, 5.41) is 8.82. The molecule has 0 radical (unpaired) electrons. The molecule has 0 aliphatic rings. The predicted octanol–water partition coefficient (Wildman–Crippen LogP) is 3.35. The van der Waals surface area contributed by atoms with Crippen molar-refractivity contribution in [3.8, 4) is 5.75 Å². The molecule has 0 saturated carbocycles. The Bertz CT molecular complexity index is 616. The minimum Gasteiger partial charge on any atom is -0.486 e. The number of rotatable bonds is 8. The van der Waals surface area contributed by atoms with Gasteiger partial charge in [-0.25, -0.2) is 4.39 Å². The van der Waals surface area contributed by atoms with Crippen LogP contribution in [0.5, 0.6) is 5.75 Å². The first-order valence-electron chi connectivity index (χ1n) is 7.42. The summed E-state index contributed by atoms with van der Waals surface area (Å²) in [6, 6.07) is 15.6. The van der Waals surface area contributed by atoms with E-state index in [-0.39, 0.29) is 18.5 Å². The van der Waals surface area contributed by atoms with Gasteiger partial charge in [-0.3, -0.25) is 9.69 Å². The van der Waals surface area contributed by atoms with Crippen LogP contribution >= 0.6 is 0 Å². The molecular formula is C18H20FNO3. The van der Waals surface area contributed by atoms with Crippen LogP contribution in [0, 0.1) is 5.82 Å². The molecule has 0 bridgehead atoms. The lowest BCUT2D eigenvalue weighted by Gasteiger charge is -2.22. The molecule has 23 heavy (non-hydrogen) atoms. The van der Waals surface area contributed by atoms with E-state index in [0.717, 1.165) is 5.56 Å². The molecule has 0 aliphatic carbocycles. The zero-order chi connectivity index (χ0) is 16.7. The smallest absolute Gasteiger partial charge is 0.317 e. The summed E-state index contributed by atoms with van der Waals surface area (Å²) >= 11 is 0. The summed E-state index contributed by atoms with van der Waals surface area (Å²) in [7, 11) is 1.76. The first kappa shape index (κ1) is 17.0. The van der Waals surface area contributed by atoms with Gasteiger partial charge in [0.2, 0.25) is 0 Å². The van der Waals surface area contributed by atoms with Gasteiger partial charge in [0, 0.05) is 13.0 Å². The van der Waals surface area contributed by atoms with Crippen LogP contribution in [0.4, 0.5) is 4.39 Å². The van der Waals surface area contributed by atoms with Crippen molar-refractivity contribution in [3.63, 3.8) is 0 Å². The average molecular weight is 317 g/mol. The molecular weight excluding hydrogens is 297 g/mol. The second kappa shape index (κ2) is 8.29. The minimum absolute atomic E-state index is 0.0158. The van der Waals surface area contributed by atoms with Crippen LogP contribution < -0.4 is 4.74 Å². The van der Waals surface area contributed by atoms with Crippen molar-refractivity contribution in [1.82, 2.24) is 4.90 Å². The fraction of sp³-hybridized carbons (Fsp3) is 0.278. The van der Waals surface area contributed by atoms with E-state index < -0.39 is 5.97 Å². The van der Waals surface area contributed by atoms with E-state index in [1.54, 1.807) is 24.1 Å². The summed E-state index contributed by atoms with van der Waals surface area (Å²) in [4.78, 5) is 12.5. The highest BCUT2D eigenvalue weighted by Crippen LogP contribution is 2.25. The van der Waals surface area contributed by atoms with Gasteiger partial charge in [-0.2, -0.15) is 0 Å². The van der Waals surface area contributed by atoms with Crippen molar-refractivity contribution in [2.24, 2.45) is 0 Å². The van der Waals surface area contributed by atoms with Gasteiger partial charge in [0.1, 0.15) is 17.7 Å². The number of likely N-dealkylation sites (N-methyl/N-ethyl adjacent to an activating group) is 1. The Hall–Kier alpha value is -2.40. The third-order valence-electron chi connectivity index (χ3n) is 3.44. The second-order valence-electron chi connectivity index (χ2n) is 5.39. The lowest BCUT2D eigenvalue weighted by atomic mass is 10.1. The van der Waals surface area contributed by atoms with Crippen LogP contribution in [0.3, 0.4) is 0 Å². The van der Waals surface area contributed by atoms with Crippen molar-refractivity contribution in [3.05, 3.63) is 66.0 Å². The molecule has 0 aromatic heterocycles. The molecule has 0 amide bonds. The van der Waals surface area contributed by atoms with Gasteiger partial charge in [0.05, 0.1) is 6.54 Å². The number of aliphatic carboxylic acids is 1. The number of ether oxygens (including phenoxy) is 1. The molecule has 0 heterocycles. The first-order valence-corrected chi connectivity index (χ1v) is 7.42. The minimum atomic E-state index is -0.858. The Labute approximate surface area is 135 Å². The average Bonchev–Trinajstić information content (AvgIpc) is 2.53. The summed E-state index contributed by atoms with van der Waals surface area (Å²) < 4.78 is 19.0. The normalized spacial score (nSPS) is 12.1. The number of carboxylic acids is 1. The van der Waals surface area contributed by atoms with Crippen LogP contribution in [0.15, 0.2) is 54.6 Å². The molecule has 0 saturated heterocycles. The van der Waals surface area contributed by atoms with E-state index in [2.05, 4.69) is 0 Å². The summed E-state index contributed by atoms with van der Waals surface area (Å²) in [5.41, 5.74) is 1.00. The molecule has 0 unspecified atom stereocenters. The quantitative estimate of drug-likeness (QED) is 0.811. The van der Waals surface area contributed by atoms with Crippen LogP contribution in [0.25, 0.3) is 0 Å². The third kappa shape index (κ3) is 5.71. The van der Waals surface area contributed by atoms with Gasteiger partial charge in [0.15, 0.2) is 0 Å². The molecule has 0 fully saturated rings. The Morgan fingerprint density at radius 1 is 1.17 bits per heavy atom. The standard InChI is InChI=1S/C18H20FNO3/c1-20(13-18(21)22)12-11-17(14-5-3-2-4-6-14)23-16-9-7-15(19)8-10-16/h2-10,17H,11-13H2,1H3,(H,21,22)/t17-/m1/s1. The maximum Gasteiger partial charge on any atom is 0.317 e. The number of carboxylic acid groups (broad SMARTS) is 1. The van der Waals surface area contributed by atoms with Crippen molar-refractivity contribution >= 4 is 5.97 Å². The number of halogens is 1. The van der Waals surface area contributed by atoms with Gasteiger partial charge in [-0.15, -0.1) is 0 Å². The largest absolute Gasteiger partial charge is 0.486 e. The zero-order valence-corrected chi connectivity index (χ0v) is 13.0. The highest BCUT2D eigenvalue weighted by atomic mass is 19.1. The van der Waals surface area contributed by atoms with Gasteiger partial charge < -0.3 is 9.84 Å². The second-order valence-corrected chi connectivity index (χ2v) is 5.39. The molecule has 0 spiro atoms. The van der Waals surface area contributed by atoms with Gasteiger partial charge in [-0.05, 0) is 36.9 Å². The third-order valence-corrected chi connectivity index (χ3v) is 3.44. The first-order chi connectivity index (χ1) is 11.0. The van der Waals surface area contributed by atoms with E-state index in [1.165, 1.54) is 12.1 Å². The van der Waals surface area contributed by atoms with Crippen molar-refractivity contribution in [2.75, 3.05) is 20.1 Å². The van der Waals surface area contributed by atoms with Crippen LogP contribution in [0.1, 0.15) is 18.1 Å². The maximum absolute atomic E-state index is 13.0. The van der Waals surface area contributed by atoms with Crippen molar-refractivity contribution < 1.29 is 19.0 Å². The Kier molecular flexibility index (Phi) is 6.11. The summed E-state index contributed by atoms with van der Waals surface area (Å²) in [5.74, 6) is -0.584. The van der Waals surface area contributed by atoms with E-state index in [1.807, 2.05) is 30.3 Å². The van der Waals surface area contributed by atoms with Gasteiger partial charge in [-0.1, -0.05) is 30.3 Å². The monoisotopic (exact) mass is 317 g/mol. The lowest BCUT2D eigenvalue weighted by molar-refractivity contribution is -0.138. The lowest BCUT2D eigenvalue weighted by Crippen LogP contribution is -2.28. The van der Waals surface area contributed by atoms with E-state index in [9.17, 15) is 9.18 Å². The Balaban J connectivity index is 2.06. The van der Waals surface area contributed by atoms with Crippen LogP contribution in [-0.2, 0) is 4.79 Å². The molecule has 5 heteroatoms. The fourth-order valence-electron chi connectivity index (χ4n) is 2.29. The highest BCUT2D eigenvalue weighted by Gasteiger charge is 2.15. The molecule has 122 valence electrons. The molecule has 2 rings (SSSR count). The summed E-state index contributed by atoms with van der Waals surface area (Å²) in [6.07, 6.45) is 0.406. The van der Waals surface area contributed by atoms with Crippen molar-refractivity contribution in [2.45, 2.75) is 12.5 Å². The summed E-state index contributed by atoms with van der Waals surface area (Å²) in [6.45, 7) is 0.561. The Morgan fingerprint density at radius 2 is 1.83 bits per heavy atom. The van der Waals surface area contributed by atoms with E-state index >= 15 is 0 Å².